The first-order valence-electron chi connectivity index (χ1n) is 10.2. The van der Waals surface area contributed by atoms with Crippen molar-refractivity contribution in [3.63, 3.8) is 0 Å². The molecule has 1 aromatic rings. The van der Waals surface area contributed by atoms with Crippen molar-refractivity contribution in [2.75, 3.05) is 13.2 Å². The fourth-order valence-corrected chi connectivity index (χ4v) is 2.75. The van der Waals surface area contributed by atoms with E-state index >= 15 is 4.39 Å². The number of nitrogens with zero attached hydrogens (tertiary/aromatic N) is 4. The molecule has 0 saturated carbocycles. The second-order valence-corrected chi connectivity index (χ2v) is 6.88. The number of hydrogen-bond acceptors (Lipinski definition) is 6. The molecule has 0 bridgehead atoms. The van der Waals surface area contributed by atoms with Crippen molar-refractivity contribution in [2.24, 2.45) is 16.8 Å². The van der Waals surface area contributed by atoms with Gasteiger partial charge in [-0.1, -0.05) is 37.3 Å². The number of alkyl halides is 2. The van der Waals surface area contributed by atoms with Gasteiger partial charge in [0.15, 0.2) is 17.8 Å². The van der Waals surface area contributed by atoms with E-state index in [4.69, 9.17) is 11.7 Å². The highest BCUT2D eigenvalue weighted by atomic mass is 19.2. The summed E-state index contributed by atoms with van der Waals surface area (Å²) in [7, 11) is 0. The topological polar surface area (TPSA) is 114 Å². The van der Waals surface area contributed by atoms with Gasteiger partial charge in [-0.25, -0.2) is 32.8 Å². The smallest absolute Gasteiger partial charge is 0.178 e. The molecule has 7 nitrogen and oxygen atoms in total. The fraction of sp³-hybridized carbons (Fsp3) is 0.208. The van der Waals surface area contributed by atoms with Gasteiger partial charge in [-0.2, -0.15) is 5.10 Å². The highest BCUT2D eigenvalue weighted by Gasteiger charge is 2.44. The lowest BCUT2D eigenvalue weighted by atomic mass is 9.85. The molecule has 0 aliphatic carbocycles. The van der Waals surface area contributed by atoms with Crippen LogP contribution in [0.2, 0.25) is 0 Å². The Kier molecular flexibility index (Phi) is 12.5. The Morgan fingerprint density at radius 3 is 2.53 bits per heavy atom. The molecule has 0 radical (unpaired) electrons. The Morgan fingerprint density at radius 1 is 1.25 bits per heavy atom. The lowest BCUT2D eigenvalue weighted by Gasteiger charge is -2.35. The molecule has 36 heavy (non-hydrogen) atoms. The molecule has 0 aromatic carbocycles. The number of hydrazine groups is 1. The maximum absolute atomic E-state index is 15.6. The molecule has 0 aliphatic rings. The van der Waals surface area contributed by atoms with Crippen molar-refractivity contribution in [2.45, 2.75) is 18.2 Å². The Morgan fingerprint density at radius 2 is 1.97 bits per heavy atom. The summed E-state index contributed by atoms with van der Waals surface area (Å²) in [6.07, 6.45) is 5.49. The lowest BCUT2D eigenvalue weighted by molar-refractivity contribution is -0.0198. The zero-order valence-electron chi connectivity index (χ0n) is 19.1. The largest absolute Gasteiger partial charge is 0.380 e. The van der Waals surface area contributed by atoms with Gasteiger partial charge in [0.1, 0.15) is 30.1 Å². The van der Waals surface area contributed by atoms with Gasteiger partial charge in [-0.05, 0) is 24.1 Å². The number of rotatable bonds is 12. The maximum atomic E-state index is 15.6. The first kappa shape index (κ1) is 30.0. The molecular formula is C24H25F5N6O. The second-order valence-electron chi connectivity index (χ2n) is 6.88. The number of hydrogen-bond donors (Lipinski definition) is 3. The van der Waals surface area contributed by atoms with Crippen LogP contribution in [-0.2, 0) is 0 Å². The molecule has 0 aliphatic heterocycles. The zero-order chi connectivity index (χ0) is 27.1. The van der Waals surface area contributed by atoms with Crippen LogP contribution in [0.1, 0.15) is 24.0 Å². The number of allylic oxidation sites excluding steroid dienone is 8. The molecule has 2 atom stereocenters. The number of hydrazone groups is 1. The normalized spacial score (nSPS) is 15.6. The third kappa shape index (κ3) is 8.61. The van der Waals surface area contributed by atoms with Crippen LogP contribution in [0.3, 0.4) is 0 Å². The molecular weight excluding hydrogens is 483 g/mol. The van der Waals surface area contributed by atoms with Crippen molar-refractivity contribution in [1.29, 1.82) is 0 Å². The molecule has 5 N–H and O–H groups in total. The molecule has 1 rings (SSSR count). The molecule has 0 spiro atoms. The first-order chi connectivity index (χ1) is 17.1. The lowest BCUT2D eigenvalue weighted by Crippen LogP contribution is -2.50. The van der Waals surface area contributed by atoms with Crippen LogP contribution in [0.15, 0.2) is 90.2 Å². The Bertz CT molecular complexity index is 1120. The van der Waals surface area contributed by atoms with Gasteiger partial charge in [0.25, 0.3) is 0 Å². The van der Waals surface area contributed by atoms with E-state index in [0.717, 1.165) is 49.1 Å². The quantitative estimate of drug-likeness (QED) is 0.0752. The van der Waals surface area contributed by atoms with Crippen LogP contribution in [0.5, 0.6) is 0 Å². The van der Waals surface area contributed by atoms with Gasteiger partial charge < -0.3 is 10.9 Å². The Balaban J connectivity index is 3.30. The minimum Gasteiger partial charge on any atom is -0.380 e. The second kappa shape index (κ2) is 15.0. The predicted octanol–water partition coefficient (Wildman–Crippen LogP) is 3.87. The number of aliphatic hydroxyl groups is 1. The third-order valence-corrected chi connectivity index (χ3v) is 4.36. The van der Waals surface area contributed by atoms with E-state index in [9.17, 15) is 22.7 Å². The molecule has 12 heteroatoms. The van der Waals surface area contributed by atoms with Gasteiger partial charge in [-0.15, -0.1) is 0 Å². The van der Waals surface area contributed by atoms with Crippen LogP contribution < -0.4 is 11.7 Å². The van der Waals surface area contributed by atoms with Crippen molar-refractivity contribution in [3.8, 4) is 11.8 Å². The van der Waals surface area contributed by atoms with Crippen LogP contribution in [0.4, 0.5) is 22.0 Å². The van der Waals surface area contributed by atoms with Crippen molar-refractivity contribution in [3.05, 3.63) is 96.4 Å². The number of aromatic nitrogens is 2. The van der Waals surface area contributed by atoms with Gasteiger partial charge in [-0.3, -0.25) is 9.99 Å². The van der Waals surface area contributed by atoms with Gasteiger partial charge in [0.2, 0.25) is 0 Å². The molecule has 0 fully saturated rings. The Hall–Kier alpha value is -4.08. The summed E-state index contributed by atoms with van der Waals surface area (Å²) in [5.74, 6) is 12.3. The summed E-state index contributed by atoms with van der Waals surface area (Å²) in [5.41, 5.74) is -3.77. The SMILES string of the molecule is C=C/C=C(F)\C(F)=C/CC#Cc1cnc(C(F)C(O)(CN(N)/C=N\N)C(/C=C\CF)=C(\F)C=C)cn1. The summed E-state index contributed by atoms with van der Waals surface area (Å²) in [6, 6.07) is 0. The van der Waals surface area contributed by atoms with E-state index in [2.05, 4.69) is 40.1 Å². The average Bonchev–Trinajstić information content (AvgIpc) is 2.86. The average molecular weight is 508 g/mol. The molecule has 0 saturated heterocycles. The van der Waals surface area contributed by atoms with Crippen LogP contribution in [0, 0.1) is 11.8 Å². The zero-order valence-corrected chi connectivity index (χ0v) is 19.1. The third-order valence-electron chi connectivity index (χ3n) is 4.36. The molecule has 0 amide bonds. The highest BCUT2D eigenvalue weighted by molar-refractivity contribution is 5.54. The molecule has 1 heterocycles. The summed E-state index contributed by atoms with van der Waals surface area (Å²) in [4.78, 5) is 7.75. The van der Waals surface area contributed by atoms with E-state index in [0.29, 0.717) is 11.1 Å². The number of halogens is 5. The number of nitrogens with two attached hydrogens (primary N) is 2. The minimum atomic E-state index is -2.72. The van der Waals surface area contributed by atoms with E-state index in [1.165, 1.54) is 0 Å². The minimum absolute atomic E-state index is 0.0477. The van der Waals surface area contributed by atoms with E-state index in [-0.39, 0.29) is 12.1 Å². The first-order valence-corrected chi connectivity index (χ1v) is 10.2. The van der Waals surface area contributed by atoms with Gasteiger partial charge >= 0.3 is 0 Å². The summed E-state index contributed by atoms with van der Waals surface area (Å²) < 4.78 is 69.5. The van der Waals surface area contributed by atoms with E-state index < -0.39 is 53.7 Å². The van der Waals surface area contributed by atoms with Crippen LogP contribution in [-0.4, -0.2) is 45.2 Å². The van der Waals surface area contributed by atoms with Crippen molar-refractivity contribution >= 4 is 6.34 Å². The highest BCUT2D eigenvalue weighted by Crippen LogP contribution is 2.37. The summed E-state index contributed by atoms with van der Waals surface area (Å²) in [5, 5.41) is 15.0. The van der Waals surface area contributed by atoms with Gasteiger partial charge in [0, 0.05) is 12.0 Å². The van der Waals surface area contributed by atoms with Crippen LogP contribution >= 0.6 is 0 Å². The summed E-state index contributed by atoms with van der Waals surface area (Å²) in [6.45, 7) is 4.69. The van der Waals surface area contributed by atoms with E-state index in [1.54, 1.807) is 0 Å². The van der Waals surface area contributed by atoms with Crippen molar-refractivity contribution < 1.29 is 27.1 Å². The summed E-state index contributed by atoms with van der Waals surface area (Å²) >= 11 is 0. The van der Waals surface area contributed by atoms with Crippen LogP contribution in [0.25, 0.3) is 0 Å². The fourth-order valence-electron chi connectivity index (χ4n) is 2.75. The standard InChI is InChI=1S/C24H25F5N6O/c1-3-8-20(27)21(28)11-6-5-9-17-13-33-22(14-32-17)23(29)24(36,15-35(31)16-34-30)18(10-7-12-25)19(26)4-2/h3-4,7-8,10-11,13-14,16,23,36H,1-2,6,12,15,30-31H2/b10-7-,19-18-,20-8+,21-11+,34-16-. The predicted molar refractivity (Wildman–Crippen MR) is 128 cm³/mol. The molecule has 2 unspecified atom stereocenters. The van der Waals surface area contributed by atoms with E-state index in [1.807, 2.05) is 0 Å². The van der Waals surface area contributed by atoms with Crippen molar-refractivity contribution in [1.82, 2.24) is 15.0 Å². The molecule has 192 valence electrons. The molecule has 1 aromatic heterocycles. The monoisotopic (exact) mass is 508 g/mol. The van der Waals surface area contributed by atoms with Gasteiger partial charge in [0.05, 0.1) is 24.6 Å². The Labute approximate surface area is 205 Å². The maximum Gasteiger partial charge on any atom is 0.178 e.